The number of aromatic carboxylic acids is 1. The molecule has 1 N–H and O–H groups in total. The maximum Gasteiger partial charge on any atom is 0.432 e. The third-order valence-electron chi connectivity index (χ3n) is 6.33. The molecule has 10 heteroatoms. The largest absolute Gasteiger partial charge is 0.478 e. The number of hydrogen-bond donors (Lipinski definition) is 1. The molecule has 0 fully saturated rings. The monoisotopic (exact) mass is 506 g/mol. The number of fused-ring (bicyclic) bond motifs is 1. The summed E-state index contributed by atoms with van der Waals surface area (Å²) in [5.41, 5.74) is 1.36. The van der Waals surface area contributed by atoms with Crippen molar-refractivity contribution in [2.45, 2.75) is 33.0 Å². The van der Waals surface area contributed by atoms with Crippen LogP contribution in [0.2, 0.25) is 0 Å². The van der Waals surface area contributed by atoms with Crippen LogP contribution < -0.4 is 0 Å². The SMILES string of the molecule is Cc1noc(C)c1-c1cnc2c(-c3cccc(C(=O)O)c3)c(C(F)(F)F)n(C(C)c3ccccn3)c2c1. The van der Waals surface area contributed by atoms with Crippen molar-refractivity contribution >= 4 is 17.0 Å². The molecule has 1 atom stereocenters. The highest BCUT2D eigenvalue weighted by atomic mass is 19.4. The molecule has 0 amide bonds. The average Bonchev–Trinajstić information content (AvgIpc) is 3.40. The fourth-order valence-electron chi connectivity index (χ4n) is 4.73. The molecule has 1 unspecified atom stereocenters. The summed E-state index contributed by atoms with van der Waals surface area (Å²) in [6, 6.07) is 11.3. The van der Waals surface area contributed by atoms with E-state index >= 15 is 0 Å². The van der Waals surface area contributed by atoms with Gasteiger partial charge in [-0.25, -0.2) is 4.79 Å². The minimum atomic E-state index is -4.79. The Labute approximate surface area is 209 Å². The number of aromatic nitrogens is 4. The molecule has 4 aromatic heterocycles. The van der Waals surface area contributed by atoms with Crippen molar-refractivity contribution in [1.29, 1.82) is 0 Å². The van der Waals surface area contributed by atoms with Gasteiger partial charge in [-0.15, -0.1) is 0 Å². The number of carbonyl (C=O) groups is 1. The van der Waals surface area contributed by atoms with E-state index in [1.165, 1.54) is 41.2 Å². The van der Waals surface area contributed by atoms with E-state index in [0.717, 1.165) is 0 Å². The molecule has 4 heterocycles. The number of benzene rings is 1. The highest BCUT2D eigenvalue weighted by molar-refractivity contribution is 5.99. The van der Waals surface area contributed by atoms with Gasteiger partial charge in [0, 0.05) is 29.1 Å². The lowest BCUT2D eigenvalue weighted by Crippen LogP contribution is -2.19. The number of pyridine rings is 2. The van der Waals surface area contributed by atoms with E-state index in [-0.39, 0.29) is 27.7 Å². The number of carboxylic acids is 1. The molecule has 0 aliphatic carbocycles. The number of alkyl halides is 3. The zero-order valence-electron chi connectivity index (χ0n) is 20.0. The van der Waals surface area contributed by atoms with Gasteiger partial charge >= 0.3 is 12.1 Å². The Morgan fingerprint density at radius 1 is 1.03 bits per heavy atom. The molecule has 37 heavy (non-hydrogen) atoms. The normalized spacial score (nSPS) is 12.7. The second-order valence-electron chi connectivity index (χ2n) is 8.70. The molecule has 0 saturated heterocycles. The van der Waals surface area contributed by atoms with Gasteiger partial charge in [0.15, 0.2) is 0 Å². The van der Waals surface area contributed by atoms with E-state index in [2.05, 4.69) is 15.1 Å². The van der Waals surface area contributed by atoms with Crippen molar-refractivity contribution in [3.05, 3.63) is 89.3 Å². The first-order valence-electron chi connectivity index (χ1n) is 11.4. The van der Waals surface area contributed by atoms with E-state index < -0.39 is 23.9 Å². The molecule has 0 bridgehead atoms. The van der Waals surface area contributed by atoms with Crippen LogP contribution in [0.25, 0.3) is 33.3 Å². The highest BCUT2D eigenvalue weighted by Crippen LogP contribution is 2.46. The van der Waals surface area contributed by atoms with Crippen molar-refractivity contribution in [1.82, 2.24) is 19.7 Å². The number of halogens is 3. The Hall–Kier alpha value is -4.47. The molecule has 0 spiro atoms. The van der Waals surface area contributed by atoms with E-state index in [9.17, 15) is 23.1 Å². The third-order valence-corrected chi connectivity index (χ3v) is 6.33. The first kappa shape index (κ1) is 24.2. The molecule has 5 rings (SSSR count). The van der Waals surface area contributed by atoms with Crippen molar-refractivity contribution in [3.63, 3.8) is 0 Å². The van der Waals surface area contributed by atoms with Crippen LogP contribution in [0.3, 0.4) is 0 Å². The van der Waals surface area contributed by atoms with E-state index in [4.69, 9.17) is 4.52 Å². The second-order valence-corrected chi connectivity index (χ2v) is 8.70. The van der Waals surface area contributed by atoms with Crippen LogP contribution in [-0.4, -0.2) is 30.8 Å². The smallest absolute Gasteiger partial charge is 0.432 e. The Morgan fingerprint density at radius 3 is 2.43 bits per heavy atom. The Bertz CT molecular complexity index is 1620. The van der Waals surface area contributed by atoms with Crippen LogP contribution in [0, 0.1) is 13.8 Å². The van der Waals surface area contributed by atoms with E-state index in [1.54, 1.807) is 45.0 Å². The van der Waals surface area contributed by atoms with Gasteiger partial charge in [-0.3, -0.25) is 9.97 Å². The molecule has 0 radical (unpaired) electrons. The molecule has 7 nitrogen and oxygen atoms in total. The maximum absolute atomic E-state index is 14.9. The van der Waals surface area contributed by atoms with Crippen molar-refractivity contribution in [3.8, 4) is 22.3 Å². The van der Waals surface area contributed by atoms with Crippen LogP contribution in [-0.2, 0) is 6.18 Å². The topological polar surface area (TPSA) is 94.0 Å². The van der Waals surface area contributed by atoms with Crippen LogP contribution in [0.15, 0.2) is 65.4 Å². The molecule has 5 aromatic rings. The summed E-state index contributed by atoms with van der Waals surface area (Å²) in [7, 11) is 0. The molecule has 0 aliphatic rings. The predicted molar refractivity (Wildman–Crippen MR) is 130 cm³/mol. The van der Waals surface area contributed by atoms with Crippen molar-refractivity contribution < 1.29 is 27.6 Å². The summed E-state index contributed by atoms with van der Waals surface area (Å²) < 4.78 is 51.0. The fraction of sp³-hybridized carbons (Fsp3) is 0.185. The fourth-order valence-corrected chi connectivity index (χ4v) is 4.73. The van der Waals surface area contributed by atoms with Gasteiger partial charge < -0.3 is 14.2 Å². The highest BCUT2D eigenvalue weighted by Gasteiger charge is 2.41. The summed E-state index contributed by atoms with van der Waals surface area (Å²) in [6.45, 7) is 5.10. The lowest BCUT2D eigenvalue weighted by Gasteiger charge is -2.21. The molecular weight excluding hydrogens is 485 g/mol. The second kappa shape index (κ2) is 8.88. The minimum absolute atomic E-state index is 0.0909. The quantitative estimate of drug-likeness (QED) is 0.285. The Morgan fingerprint density at radius 2 is 1.81 bits per heavy atom. The number of hydrogen-bond acceptors (Lipinski definition) is 5. The molecule has 0 aliphatic heterocycles. The van der Waals surface area contributed by atoms with Crippen LogP contribution >= 0.6 is 0 Å². The van der Waals surface area contributed by atoms with Crippen molar-refractivity contribution in [2.75, 3.05) is 0 Å². The van der Waals surface area contributed by atoms with Gasteiger partial charge in [0.2, 0.25) is 0 Å². The Kier molecular flexibility index (Phi) is 5.82. The summed E-state index contributed by atoms with van der Waals surface area (Å²) in [5.74, 6) is -0.727. The summed E-state index contributed by atoms with van der Waals surface area (Å²) >= 11 is 0. The molecular formula is C27H21F3N4O3. The standard InChI is InChI=1S/C27H21F3N4O3/c1-14-22(16(3)37-33-14)19-12-21-24(32-13-19)23(17-7-6-8-18(11-17)26(35)36)25(27(28,29)30)34(21)15(2)20-9-4-5-10-31-20/h4-13,15H,1-3H3,(H,35,36). The van der Waals surface area contributed by atoms with E-state index in [1.807, 2.05) is 0 Å². The summed E-state index contributed by atoms with van der Waals surface area (Å²) in [6.07, 6.45) is -1.79. The van der Waals surface area contributed by atoms with Gasteiger partial charge in [-0.1, -0.05) is 23.4 Å². The molecule has 1 aromatic carbocycles. The molecule has 0 saturated carbocycles. The zero-order chi connectivity index (χ0) is 26.5. The van der Waals surface area contributed by atoms with Gasteiger partial charge in [0.25, 0.3) is 0 Å². The maximum atomic E-state index is 14.9. The van der Waals surface area contributed by atoms with Gasteiger partial charge in [0.05, 0.1) is 34.0 Å². The van der Waals surface area contributed by atoms with Gasteiger partial charge in [-0.05, 0) is 56.7 Å². The number of carboxylic acid groups (broad SMARTS) is 1. The summed E-state index contributed by atoms with van der Waals surface area (Å²) in [5, 5.41) is 13.4. The number of rotatable bonds is 5. The number of aryl methyl sites for hydroxylation is 2. The lowest BCUT2D eigenvalue weighted by molar-refractivity contribution is -0.143. The molecule has 188 valence electrons. The first-order chi connectivity index (χ1) is 17.6. The van der Waals surface area contributed by atoms with E-state index in [0.29, 0.717) is 28.3 Å². The van der Waals surface area contributed by atoms with Crippen molar-refractivity contribution in [2.24, 2.45) is 0 Å². The lowest BCUT2D eigenvalue weighted by atomic mass is 10.0. The first-order valence-corrected chi connectivity index (χ1v) is 11.4. The predicted octanol–water partition coefficient (Wildman–Crippen LogP) is 6.70. The Balaban J connectivity index is 1.91. The summed E-state index contributed by atoms with van der Waals surface area (Å²) in [4.78, 5) is 20.4. The van der Waals surface area contributed by atoms with Gasteiger partial charge in [-0.2, -0.15) is 13.2 Å². The zero-order valence-corrected chi connectivity index (χ0v) is 20.0. The number of nitrogens with zero attached hydrogens (tertiary/aromatic N) is 4. The third kappa shape index (κ3) is 4.14. The average molecular weight is 506 g/mol. The minimum Gasteiger partial charge on any atom is -0.478 e. The van der Waals surface area contributed by atoms with Crippen LogP contribution in [0.5, 0.6) is 0 Å². The van der Waals surface area contributed by atoms with Crippen LogP contribution in [0.4, 0.5) is 13.2 Å². The van der Waals surface area contributed by atoms with Crippen LogP contribution in [0.1, 0.15) is 46.2 Å². The van der Waals surface area contributed by atoms with Gasteiger partial charge in [0.1, 0.15) is 11.5 Å².